The number of hydrogen-bond acceptors (Lipinski definition) is 6. The molecule has 0 bridgehead atoms. The van der Waals surface area contributed by atoms with Gasteiger partial charge in [0.05, 0.1) is 24.7 Å². The molecule has 1 saturated heterocycles. The topological polar surface area (TPSA) is 86.6 Å². The Balaban J connectivity index is 1.29. The molecule has 0 aliphatic carbocycles. The van der Waals surface area contributed by atoms with Crippen LogP contribution in [0.25, 0.3) is 11.3 Å². The van der Waals surface area contributed by atoms with E-state index in [9.17, 15) is 9.59 Å². The lowest BCUT2D eigenvalue weighted by Gasteiger charge is -2.21. The summed E-state index contributed by atoms with van der Waals surface area (Å²) in [6, 6.07) is 19.0. The van der Waals surface area contributed by atoms with Gasteiger partial charge in [-0.2, -0.15) is 0 Å². The molecular formula is C23H22N4O4. The number of carbonyl (C=O) groups is 2. The Hall–Kier alpha value is -3.68. The van der Waals surface area contributed by atoms with Gasteiger partial charge in [0.1, 0.15) is 12.3 Å². The van der Waals surface area contributed by atoms with Crippen LogP contribution in [0.15, 0.2) is 60.7 Å². The smallest absolute Gasteiger partial charge is 0.410 e. The van der Waals surface area contributed by atoms with Crippen molar-refractivity contribution in [2.45, 2.75) is 31.5 Å². The molecule has 2 aromatic carbocycles. The van der Waals surface area contributed by atoms with Crippen LogP contribution in [-0.4, -0.2) is 57.3 Å². The van der Waals surface area contributed by atoms with E-state index in [1.807, 2.05) is 65.3 Å². The molecule has 2 aliphatic heterocycles. The molecule has 1 amide bonds. The highest BCUT2D eigenvalue weighted by atomic mass is 16.6. The van der Waals surface area contributed by atoms with Crippen molar-refractivity contribution in [2.75, 3.05) is 13.2 Å². The Morgan fingerprint density at radius 1 is 1.10 bits per heavy atom. The van der Waals surface area contributed by atoms with Crippen molar-refractivity contribution in [3.8, 4) is 11.3 Å². The summed E-state index contributed by atoms with van der Waals surface area (Å²) >= 11 is 0. The highest BCUT2D eigenvalue weighted by Gasteiger charge is 2.44. The van der Waals surface area contributed by atoms with E-state index in [0.29, 0.717) is 19.5 Å². The van der Waals surface area contributed by atoms with E-state index >= 15 is 0 Å². The largest absolute Gasteiger partial charge is 0.461 e. The van der Waals surface area contributed by atoms with Crippen molar-refractivity contribution in [3.05, 3.63) is 71.9 Å². The van der Waals surface area contributed by atoms with Gasteiger partial charge in [0.2, 0.25) is 0 Å². The first kappa shape index (κ1) is 19.3. The fourth-order valence-corrected chi connectivity index (χ4v) is 4.17. The molecule has 0 N–H and O–H groups in total. The van der Waals surface area contributed by atoms with Crippen LogP contribution >= 0.6 is 0 Å². The maximum absolute atomic E-state index is 12.5. The monoisotopic (exact) mass is 418 g/mol. The van der Waals surface area contributed by atoms with Gasteiger partial charge < -0.3 is 9.47 Å². The average molecular weight is 418 g/mol. The lowest BCUT2D eigenvalue weighted by atomic mass is 10.1. The van der Waals surface area contributed by atoms with Gasteiger partial charge in [0, 0.05) is 18.5 Å². The maximum Gasteiger partial charge on any atom is 0.410 e. The highest BCUT2D eigenvalue weighted by Crippen LogP contribution is 2.29. The zero-order chi connectivity index (χ0) is 21.2. The molecule has 8 heteroatoms. The van der Waals surface area contributed by atoms with Crippen molar-refractivity contribution in [1.82, 2.24) is 19.9 Å². The molecule has 158 valence electrons. The van der Waals surface area contributed by atoms with Crippen LogP contribution in [0.2, 0.25) is 0 Å². The molecule has 3 aromatic rings. The van der Waals surface area contributed by atoms with Crippen LogP contribution in [0.1, 0.15) is 11.3 Å². The van der Waals surface area contributed by atoms with Gasteiger partial charge in [-0.05, 0) is 5.56 Å². The molecule has 0 radical (unpaired) electrons. The number of rotatable bonds is 5. The first-order valence-corrected chi connectivity index (χ1v) is 10.3. The maximum atomic E-state index is 12.5. The molecule has 5 rings (SSSR count). The normalized spacial score (nSPS) is 19.9. The van der Waals surface area contributed by atoms with Gasteiger partial charge in [0.25, 0.3) is 0 Å². The molecule has 31 heavy (non-hydrogen) atoms. The summed E-state index contributed by atoms with van der Waals surface area (Å²) in [7, 11) is 0. The lowest BCUT2D eigenvalue weighted by molar-refractivity contribution is -0.145. The number of benzene rings is 2. The second kappa shape index (κ2) is 8.22. The Kier molecular flexibility index (Phi) is 5.11. The minimum atomic E-state index is -0.539. The van der Waals surface area contributed by atoms with E-state index in [1.165, 1.54) is 0 Å². The van der Waals surface area contributed by atoms with E-state index < -0.39 is 6.10 Å². The minimum absolute atomic E-state index is 0.0220. The van der Waals surface area contributed by atoms with Gasteiger partial charge in [0.15, 0.2) is 6.10 Å². The van der Waals surface area contributed by atoms with Crippen LogP contribution in [-0.2, 0) is 33.7 Å². The van der Waals surface area contributed by atoms with Gasteiger partial charge in [-0.3, -0.25) is 9.69 Å². The Labute approximate surface area is 179 Å². The quantitative estimate of drug-likeness (QED) is 0.592. The molecular weight excluding hydrogens is 396 g/mol. The first-order valence-electron chi connectivity index (χ1n) is 10.3. The van der Waals surface area contributed by atoms with E-state index in [0.717, 1.165) is 22.5 Å². The van der Waals surface area contributed by atoms with Crippen LogP contribution in [0.5, 0.6) is 0 Å². The van der Waals surface area contributed by atoms with Gasteiger partial charge in [-0.25, -0.2) is 9.48 Å². The standard InChI is InChI=1S/C23H22N4O4/c28-21(13-16-7-3-1-4-8-16)30-15-20-19-14-27-18(11-12-26(19)23(29)31-20)22(24-25-27)17-9-5-2-6-10-17/h1-10,19-20H,11-15H2/t19-,20-/m0/s1. The van der Waals surface area contributed by atoms with Crippen LogP contribution < -0.4 is 0 Å². The van der Waals surface area contributed by atoms with E-state index in [4.69, 9.17) is 9.47 Å². The Morgan fingerprint density at radius 2 is 1.84 bits per heavy atom. The fourth-order valence-electron chi connectivity index (χ4n) is 4.17. The number of aromatic nitrogens is 3. The summed E-state index contributed by atoms with van der Waals surface area (Å²) in [4.78, 5) is 26.4. The van der Waals surface area contributed by atoms with E-state index in [1.54, 1.807) is 4.90 Å². The summed E-state index contributed by atoms with van der Waals surface area (Å²) in [5.41, 5.74) is 3.71. The predicted molar refractivity (Wildman–Crippen MR) is 111 cm³/mol. The summed E-state index contributed by atoms with van der Waals surface area (Å²) in [6.45, 7) is 0.973. The summed E-state index contributed by atoms with van der Waals surface area (Å²) in [5.74, 6) is -0.345. The number of fused-ring (bicyclic) bond motifs is 2. The molecule has 2 atom stereocenters. The zero-order valence-electron chi connectivity index (χ0n) is 16.9. The fraction of sp³-hybridized carbons (Fsp3) is 0.304. The SMILES string of the molecule is O=C(Cc1ccccc1)OC[C@@H]1OC(=O)N2CCc3c(-c4ccccc4)nnn3C[C@@H]12. The number of esters is 1. The second-order valence-electron chi connectivity index (χ2n) is 7.71. The Morgan fingerprint density at radius 3 is 2.61 bits per heavy atom. The molecule has 0 spiro atoms. The number of carbonyl (C=O) groups excluding carboxylic acids is 2. The number of hydrogen-bond donors (Lipinski definition) is 0. The molecule has 0 unspecified atom stereocenters. The third-order valence-electron chi connectivity index (χ3n) is 5.75. The molecule has 1 fully saturated rings. The lowest BCUT2D eigenvalue weighted by Crippen LogP contribution is -2.41. The minimum Gasteiger partial charge on any atom is -0.461 e. The predicted octanol–water partition coefficient (Wildman–Crippen LogP) is 2.48. The summed E-state index contributed by atoms with van der Waals surface area (Å²) in [6.07, 6.45) is -0.107. The molecule has 8 nitrogen and oxygen atoms in total. The number of ether oxygens (including phenoxy) is 2. The van der Waals surface area contributed by atoms with Crippen molar-refractivity contribution < 1.29 is 19.1 Å². The van der Waals surface area contributed by atoms with Crippen molar-refractivity contribution in [3.63, 3.8) is 0 Å². The van der Waals surface area contributed by atoms with E-state index in [-0.39, 0.29) is 31.1 Å². The number of cyclic esters (lactones) is 1. The zero-order valence-corrected chi connectivity index (χ0v) is 16.9. The molecule has 2 aliphatic rings. The van der Waals surface area contributed by atoms with Gasteiger partial charge in [-0.1, -0.05) is 65.9 Å². The molecule has 3 heterocycles. The van der Waals surface area contributed by atoms with Crippen LogP contribution in [0.4, 0.5) is 4.79 Å². The summed E-state index contributed by atoms with van der Waals surface area (Å²) < 4.78 is 12.8. The molecule has 1 aromatic heterocycles. The third-order valence-corrected chi connectivity index (χ3v) is 5.75. The first-order chi connectivity index (χ1) is 15.2. The van der Waals surface area contributed by atoms with Crippen molar-refractivity contribution >= 4 is 12.1 Å². The summed E-state index contributed by atoms with van der Waals surface area (Å²) in [5, 5.41) is 8.70. The van der Waals surface area contributed by atoms with Crippen LogP contribution in [0, 0.1) is 0 Å². The van der Waals surface area contributed by atoms with Crippen molar-refractivity contribution in [2.24, 2.45) is 0 Å². The number of nitrogens with zero attached hydrogens (tertiary/aromatic N) is 4. The molecule has 0 saturated carbocycles. The van der Waals surface area contributed by atoms with Gasteiger partial charge in [-0.15, -0.1) is 5.10 Å². The second-order valence-corrected chi connectivity index (χ2v) is 7.71. The van der Waals surface area contributed by atoms with Crippen molar-refractivity contribution in [1.29, 1.82) is 0 Å². The van der Waals surface area contributed by atoms with Gasteiger partial charge >= 0.3 is 12.1 Å². The van der Waals surface area contributed by atoms with Crippen LogP contribution in [0.3, 0.4) is 0 Å². The average Bonchev–Trinajstić information content (AvgIpc) is 3.26. The highest BCUT2D eigenvalue weighted by molar-refractivity contribution is 5.73. The Bertz CT molecular complexity index is 1080. The third kappa shape index (κ3) is 3.88. The van der Waals surface area contributed by atoms with E-state index in [2.05, 4.69) is 10.3 Å². The number of amides is 1.